The van der Waals surface area contributed by atoms with Crippen molar-refractivity contribution in [2.24, 2.45) is 0 Å². The molecule has 4 heteroatoms. The standard InChI is InChI=1S/C18H15N3O/c19-14-6-7-16-15(11-14)18(22)21-9-8-13(17(21)20-16)10-12-4-2-1-3-5-12/h1-7,10-11H,8-9,19H2. The summed E-state index contributed by atoms with van der Waals surface area (Å²) in [7, 11) is 0. The Morgan fingerprint density at radius 3 is 2.77 bits per heavy atom. The van der Waals surface area contributed by atoms with Crippen molar-refractivity contribution in [1.29, 1.82) is 0 Å². The van der Waals surface area contributed by atoms with Crippen molar-refractivity contribution >= 4 is 28.2 Å². The highest BCUT2D eigenvalue weighted by Gasteiger charge is 2.20. The summed E-state index contributed by atoms with van der Waals surface area (Å²) in [6, 6.07) is 15.4. The second kappa shape index (κ2) is 4.84. The van der Waals surface area contributed by atoms with Gasteiger partial charge in [-0.25, -0.2) is 4.98 Å². The van der Waals surface area contributed by atoms with Crippen molar-refractivity contribution in [3.63, 3.8) is 0 Å². The second-order valence-electron chi connectivity index (χ2n) is 5.50. The van der Waals surface area contributed by atoms with Gasteiger partial charge in [0.05, 0.1) is 10.9 Å². The van der Waals surface area contributed by atoms with Crippen molar-refractivity contribution in [2.45, 2.75) is 13.0 Å². The quantitative estimate of drug-likeness (QED) is 0.701. The highest BCUT2D eigenvalue weighted by molar-refractivity contribution is 5.86. The van der Waals surface area contributed by atoms with Crippen LogP contribution in [-0.2, 0) is 6.54 Å². The van der Waals surface area contributed by atoms with E-state index in [1.807, 2.05) is 24.3 Å². The molecule has 22 heavy (non-hydrogen) atoms. The predicted octanol–water partition coefficient (Wildman–Crippen LogP) is 2.92. The van der Waals surface area contributed by atoms with Gasteiger partial charge in [0, 0.05) is 12.2 Å². The molecular weight excluding hydrogens is 274 g/mol. The summed E-state index contributed by atoms with van der Waals surface area (Å²) in [6.07, 6.45) is 2.93. The third kappa shape index (κ3) is 2.00. The molecule has 0 atom stereocenters. The summed E-state index contributed by atoms with van der Waals surface area (Å²) in [5.74, 6) is 0.770. The predicted molar refractivity (Wildman–Crippen MR) is 89.3 cm³/mol. The van der Waals surface area contributed by atoms with Gasteiger partial charge in [-0.3, -0.25) is 9.36 Å². The summed E-state index contributed by atoms with van der Waals surface area (Å²) < 4.78 is 1.75. The number of nitrogens with zero attached hydrogens (tertiary/aromatic N) is 2. The summed E-state index contributed by atoms with van der Waals surface area (Å²) in [4.78, 5) is 17.3. The van der Waals surface area contributed by atoms with Gasteiger partial charge in [-0.1, -0.05) is 30.3 Å². The number of fused-ring (bicyclic) bond motifs is 2. The van der Waals surface area contributed by atoms with Gasteiger partial charge in [0.2, 0.25) is 0 Å². The molecule has 0 fully saturated rings. The Morgan fingerprint density at radius 2 is 1.95 bits per heavy atom. The minimum atomic E-state index is -0.0104. The van der Waals surface area contributed by atoms with Crippen molar-refractivity contribution in [2.75, 3.05) is 5.73 Å². The first-order valence-corrected chi connectivity index (χ1v) is 7.28. The van der Waals surface area contributed by atoms with Crippen molar-refractivity contribution in [3.8, 4) is 0 Å². The Hall–Kier alpha value is -2.88. The van der Waals surface area contributed by atoms with E-state index in [2.05, 4.69) is 23.2 Å². The van der Waals surface area contributed by atoms with Crippen LogP contribution in [-0.4, -0.2) is 9.55 Å². The Labute approximate surface area is 127 Å². The van der Waals surface area contributed by atoms with Gasteiger partial charge in [0.1, 0.15) is 5.82 Å². The lowest BCUT2D eigenvalue weighted by Crippen LogP contribution is -2.20. The number of nitrogen functional groups attached to an aromatic ring is 1. The van der Waals surface area contributed by atoms with Crippen molar-refractivity contribution in [1.82, 2.24) is 9.55 Å². The fraction of sp³-hybridized carbons (Fsp3) is 0.111. The summed E-state index contributed by atoms with van der Waals surface area (Å²) in [6.45, 7) is 0.671. The Kier molecular flexibility index (Phi) is 2.82. The van der Waals surface area contributed by atoms with E-state index in [1.165, 1.54) is 0 Å². The number of allylic oxidation sites excluding steroid dienone is 1. The number of rotatable bonds is 1. The molecule has 3 aromatic rings. The SMILES string of the molecule is Nc1ccc2nc3n(c(=O)c2c1)CCC3=Cc1ccccc1. The van der Waals surface area contributed by atoms with Crippen LogP contribution in [0.1, 0.15) is 17.8 Å². The van der Waals surface area contributed by atoms with Crippen LogP contribution >= 0.6 is 0 Å². The Balaban J connectivity index is 1.92. The Bertz CT molecular complexity index is 955. The Morgan fingerprint density at radius 1 is 1.14 bits per heavy atom. The van der Waals surface area contributed by atoms with Gasteiger partial charge in [-0.2, -0.15) is 0 Å². The number of benzene rings is 2. The normalized spacial score (nSPS) is 15.4. The van der Waals surface area contributed by atoms with E-state index in [1.54, 1.807) is 16.7 Å². The first-order valence-electron chi connectivity index (χ1n) is 7.28. The minimum absolute atomic E-state index is 0.0104. The molecule has 0 bridgehead atoms. The molecule has 0 saturated carbocycles. The van der Waals surface area contributed by atoms with E-state index >= 15 is 0 Å². The monoisotopic (exact) mass is 289 g/mol. The fourth-order valence-corrected chi connectivity index (χ4v) is 2.92. The smallest absolute Gasteiger partial charge is 0.261 e. The van der Waals surface area contributed by atoms with Gasteiger partial charge < -0.3 is 5.73 Å². The largest absolute Gasteiger partial charge is 0.399 e. The topological polar surface area (TPSA) is 60.9 Å². The van der Waals surface area contributed by atoms with E-state index in [4.69, 9.17) is 5.73 Å². The third-order valence-corrected chi connectivity index (χ3v) is 4.01. The van der Waals surface area contributed by atoms with E-state index in [0.717, 1.165) is 23.4 Å². The fourth-order valence-electron chi connectivity index (χ4n) is 2.92. The molecule has 108 valence electrons. The zero-order chi connectivity index (χ0) is 15.1. The molecule has 0 aliphatic carbocycles. The summed E-state index contributed by atoms with van der Waals surface area (Å²) >= 11 is 0. The second-order valence-corrected chi connectivity index (χ2v) is 5.50. The number of hydrogen-bond acceptors (Lipinski definition) is 3. The van der Waals surface area contributed by atoms with Gasteiger partial charge >= 0.3 is 0 Å². The molecule has 0 spiro atoms. The highest BCUT2D eigenvalue weighted by atomic mass is 16.1. The zero-order valence-electron chi connectivity index (χ0n) is 12.0. The molecule has 2 aromatic carbocycles. The minimum Gasteiger partial charge on any atom is -0.399 e. The molecule has 2 heterocycles. The average Bonchev–Trinajstić information content (AvgIpc) is 2.93. The molecule has 4 rings (SSSR count). The maximum atomic E-state index is 12.6. The van der Waals surface area contributed by atoms with Crippen molar-refractivity contribution < 1.29 is 0 Å². The van der Waals surface area contributed by atoms with Crippen LogP contribution in [0.25, 0.3) is 22.6 Å². The van der Waals surface area contributed by atoms with Crippen LogP contribution in [0.5, 0.6) is 0 Å². The maximum absolute atomic E-state index is 12.6. The average molecular weight is 289 g/mol. The molecule has 4 nitrogen and oxygen atoms in total. The first-order chi connectivity index (χ1) is 10.7. The molecular formula is C18H15N3O. The van der Waals surface area contributed by atoms with Crippen LogP contribution in [0.4, 0.5) is 5.69 Å². The number of nitrogens with two attached hydrogens (primary N) is 1. The van der Waals surface area contributed by atoms with E-state index in [9.17, 15) is 4.79 Å². The molecule has 0 amide bonds. The maximum Gasteiger partial charge on any atom is 0.261 e. The molecule has 2 N–H and O–H groups in total. The van der Waals surface area contributed by atoms with E-state index in [0.29, 0.717) is 23.1 Å². The molecule has 1 aliphatic rings. The van der Waals surface area contributed by atoms with Crippen LogP contribution in [0.2, 0.25) is 0 Å². The zero-order valence-corrected chi connectivity index (χ0v) is 12.0. The van der Waals surface area contributed by atoms with Crippen LogP contribution in [0.3, 0.4) is 0 Å². The molecule has 1 aliphatic heterocycles. The van der Waals surface area contributed by atoms with Gasteiger partial charge in [-0.05, 0) is 41.8 Å². The van der Waals surface area contributed by atoms with Crippen LogP contribution in [0.15, 0.2) is 53.3 Å². The first kappa shape index (κ1) is 12.8. The summed E-state index contributed by atoms with van der Waals surface area (Å²) in [5.41, 5.74) is 9.28. The lowest BCUT2D eigenvalue weighted by atomic mass is 10.1. The highest BCUT2D eigenvalue weighted by Crippen LogP contribution is 2.27. The van der Waals surface area contributed by atoms with E-state index in [-0.39, 0.29) is 5.56 Å². The molecule has 0 unspecified atom stereocenters. The van der Waals surface area contributed by atoms with Gasteiger partial charge in [-0.15, -0.1) is 0 Å². The number of aromatic nitrogens is 2. The van der Waals surface area contributed by atoms with Crippen LogP contribution in [0, 0.1) is 0 Å². The number of anilines is 1. The third-order valence-electron chi connectivity index (χ3n) is 4.01. The van der Waals surface area contributed by atoms with Crippen molar-refractivity contribution in [3.05, 3.63) is 70.3 Å². The van der Waals surface area contributed by atoms with Gasteiger partial charge in [0.15, 0.2) is 0 Å². The molecule has 0 saturated heterocycles. The van der Waals surface area contributed by atoms with Gasteiger partial charge in [0.25, 0.3) is 5.56 Å². The molecule has 0 radical (unpaired) electrons. The molecule has 1 aromatic heterocycles. The summed E-state index contributed by atoms with van der Waals surface area (Å²) in [5, 5.41) is 0.588. The number of hydrogen-bond donors (Lipinski definition) is 1. The van der Waals surface area contributed by atoms with E-state index < -0.39 is 0 Å². The lowest BCUT2D eigenvalue weighted by molar-refractivity contribution is 0.725. The van der Waals surface area contributed by atoms with Crippen LogP contribution < -0.4 is 11.3 Å². The lowest BCUT2D eigenvalue weighted by Gasteiger charge is -2.06.